The fourth-order valence-corrected chi connectivity index (χ4v) is 0.729. The highest BCUT2D eigenvalue weighted by Crippen LogP contribution is 2.21. The van der Waals surface area contributed by atoms with E-state index in [-0.39, 0.29) is 0 Å². The van der Waals surface area contributed by atoms with Gasteiger partial charge in [0, 0.05) is 0 Å². The minimum absolute atomic E-state index is 0.808. The lowest BCUT2D eigenvalue weighted by molar-refractivity contribution is 0.949. The first-order chi connectivity index (χ1) is 4.95. The average Bonchev–Trinajstić information content (AvgIpc) is 1.89. The molecule has 0 fully saturated rings. The molecule has 10 heavy (non-hydrogen) atoms. The maximum absolute atomic E-state index is 3.73. The highest BCUT2D eigenvalue weighted by atomic mass is 15.5. The third-order valence-electron chi connectivity index (χ3n) is 1.21. The molecule has 0 aliphatic carbocycles. The molecule has 1 aromatic rings. The normalized spacial score (nSPS) is 13.2. The Balaban J connectivity index is 2.65. The predicted molar refractivity (Wildman–Crippen MR) is 35.5 cm³/mol. The van der Waals surface area contributed by atoms with Gasteiger partial charge in [-0.15, -0.1) is 10.2 Å². The Morgan fingerprint density at radius 3 is 1.50 bits per heavy atom. The summed E-state index contributed by atoms with van der Waals surface area (Å²) in [5.41, 5.74) is 1.62. The molecule has 2 aliphatic rings. The van der Waals surface area contributed by atoms with Gasteiger partial charge in [0.25, 0.3) is 0 Å². The van der Waals surface area contributed by atoms with Crippen LogP contribution in [0.5, 0.6) is 0 Å². The highest BCUT2D eigenvalue weighted by molar-refractivity contribution is 5.46. The van der Waals surface area contributed by atoms with Gasteiger partial charge in [0.15, 0.2) is 0 Å². The average molecular weight is 132 g/mol. The van der Waals surface area contributed by atoms with Crippen LogP contribution in [0.1, 0.15) is 0 Å². The van der Waals surface area contributed by atoms with Crippen molar-refractivity contribution in [3.8, 4) is 0 Å². The van der Waals surface area contributed by atoms with Crippen LogP contribution in [-0.4, -0.2) is 0 Å². The molecule has 1 aromatic carbocycles. The zero-order valence-corrected chi connectivity index (χ0v) is 5.10. The molecule has 0 saturated carbocycles. The van der Waals surface area contributed by atoms with E-state index in [1.807, 2.05) is 24.3 Å². The lowest BCUT2D eigenvalue weighted by Gasteiger charge is -1.93. The molecule has 0 N–H and O–H groups in total. The molecular weight excluding hydrogens is 128 g/mol. The Hall–Kier alpha value is -1.58. The number of nitrogens with zero attached hydrogens (tertiary/aromatic N) is 4. The van der Waals surface area contributed by atoms with Crippen molar-refractivity contribution in [1.29, 1.82) is 0 Å². The van der Waals surface area contributed by atoms with Gasteiger partial charge in [0.05, 0.1) is 11.4 Å². The fourth-order valence-electron chi connectivity index (χ4n) is 0.729. The van der Waals surface area contributed by atoms with Crippen molar-refractivity contribution < 1.29 is 0 Å². The monoisotopic (exact) mass is 132 g/mol. The second kappa shape index (κ2) is 1.98. The summed E-state index contributed by atoms with van der Waals surface area (Å²) in [5.74, 6) is 0. The molecular formula is C6H4N4. The fraction of sp³-hybridized carbons (Fsp3) is 0. The Morgan fingerprint density at radius 1 is 0.700 bits per heavy atom. The molecule has 0 saturated heterocycles. The largest absolute Gasteiger partial charge is 0.129 e. The minimum atomic E-state index is 0.808. The smallest absolute Gasteiger partial charge is 0.0877 e. The Bertz CT molecular complexity index is 254. The molecule has 0 atom stereocenters. The van der Waals surface area contributed by atoms with Gasteiger partial charge in [-0.1, -0.05) is 0 Å². The zero-order valence-electron chi connectivity index (χ0n) is 5.10. The van der Waals surface area contributed by atoms with E-state index in [9.17, 15) is 0 Å². The van der Waals surface area contributed by atoms with Gasteiger partial charge >= 0.3 is 0 Å². The summed E-state index contributed by atoms with van der Waals surface area (Å²) >= 11 is 0. The van der Waals surface area contributed by atoms with Crippen LogP contribution >= 0.6 is 0 Å². The maximum Gasteiger partial charge on any atom is 0.0877 e. The van der Waals surface area contributed by atoms with Gasteiger partial charge in [-0.05, 0) is 34.7 Å². The first kappa shape index (κ1) is 5.22. The maximum atomic E-state index is 3.73. The van der Waals surface area contributed by atoms with Crippen molar-refractivity contribution in [2.45, 2.75) is 0 Å². The van der Waals surface area contributed by atoms with Crippen LogP contribution in [0.25, 0.3) is 0 Å². The van der Waals surface area contributed by atoms with Crippen LogP contribution in [0.2, 0.25) is 0 Å². The van der Waals surface area contributed by atoms with E-state index in [2.05, 4.69) is 20.7 Å². The highest BCUT2D eigenvalue weighted by Gasteiger charge is 1.93. The summed E-state index contributed by atoms with van der Waals surface area (Å²) in [5, 5.41) is 14.3. The van der Waals surface area contributed by atoms with Gasteiger partial charge in [0.2, 0.25) is 0 Å². The molecule has 0 spiro atoms. The topological polar surface area (TPSA) is 49.4 Å². The van der Waals surface area contributed by atoms with Crippen molar-refractivity contribution in [1.82, 2.24) is 0 Å². The van der Waals surface area contributed by atoms with Crippen LogP contribution in [0.15, 0.2) is 44.9 Å². The Labute approximate surface area is 57.3 Å². The van der Waals surface area contributed by atoms with Crippen molar-refractivity contribution in [3.63, 3.8) is 0 Å². The van der Waals surface area contributed by atoms with E-state index < -0.39 is 0 Å². The summed E-state index contributed by atoms with van der Waals surface area (Å²) in [6.45, 7) is 0. The molecule has 4 heteroatoms. The van der Waals surface area contributed by atoms with Crippen molar-refractivity contribution in [3.05, 3.63) is 24.3 Å². The first-order valence-electron chi connectivity index (χ1n) is 2.87. The second-order valence-electron chi connectivity index (χ2n) is 1.90. The summed E-state index contributed by atoms with van der Waals surface area (Å²) in [6, 6.07) is 7.38. The van der Waals surface area contributed by atoms with Crippen LogP contribution in [0, 0.1) is 0 Å². The minimum Gasteiger partial charge on any atom is -0.129 e. The van der Waals surface area contributed by atoms with E-state index in [0.717, 1.165) is 11.4 Å². The van der Waals surface area contributed by atoms with Gasteiger partial charge in [-0.2, -0.15) is 0 Å². The van der Waals surface area contributed by atoms with E-state index in [1.165, 1.54) is 0 Å². The van der Waals surface area contributed by atoms with E-state index in [1.54, 1.807) is 0 Å². The molecule has 3 rings (SSSR count). The summed E-state index contributed by atoms with van der Waals surface area (Å²) in [7, 11) is 0. The van der Waals surface area contributed by atoms with Gasteiger partial charge in [-0.25, -0.2) is 0 Å². The lowest BCUT2D eigenvalue weighted by Crippen LogP contribution is -1.66. The summed E-state index contributed by atoms with van der Waals surface area (Å²) in [4.78, 5) is 0. The summed E-state index contributed by atoms with van der Waals surface area (Å²) in [6.07, 6.45) is 0. The van der Waals surface area contributed by atoms with Crippen LogP contribution < -0.4 is 0 Å². The number of rotatable bonds is 0. The van der Waals surface area contributed by atoms with Gasteiger partial charge in [0.1, 0.15) is 0 Å². The summed E-state index contributed by atoms with van der Waals surface area (Å²) < 4.78 is 0. The number of fused-ring (bicyclic) bond motifs is 3. The van der Waals surface area contributed by atoms with Crippen molar-refractivity contribution in [2.75, 3.05) is 0 Å². The van der Waals surface area contributed by atoms with E-state index >= 15 is 0 Å². The molecule has 0 radical (unpaired) electrons. The lowest BCUT2D eigenvalue weighted by atomic mass is 10.3. The first-order valence-corrected chi connectivity index (χ1v) is 2.87. The van der Waals surface area contributed by atoms with Crippen LogP contribution in [0.4, 0.5) is 11.4 Å². The second-order valence-corrected chi connectivity index (χ2v) is 1.90. The predicted octanol–water partition coefficient (Wildman–Crippen LogP) is 2.78. The quantitative estimate of drug-likeness (QED) is 0.521. The van der Waals surface area contributed by atoms with Gasteiger partial charge in [-0.3, -0.25) is 0 Å². The third-order valence-corrected chi connectivity index (χ3v) is 1.21. The molecule has 0 amide bonds. The molecule has 0 unspecified atom stereocenters. The molecule has 2 aliphatic heterocycles. The van der Waals surface area contributed by atoms with Crippen LogP contribution in [-0.2, 0) is 0 Å². The molecule has 2 heterocycles. The molecule has 4 nitrogen and oxygen atoms in total. The number of benzene rings is 1. The zero-order chi connectivity index (χ0) is 6.81. The number of hydrogen-bond donors (Lipinski definition) is 0. The van der Waals surface area contributed by atoms with Crippen molar-refractivity contribution >= 4 is 11.4 Å². The van der Waals surface area contributed by atoms with E-state index in [4.69, 9.17) is 0 Å². The molecule has 48 valence electrons. The third kappa shape index (κ3) is 0.793. The van der Waals surface area contributed by atoms with Crippen LogP contribution in [0.3, 0.4) is 0 Å². The SMILES string of the molecule is c1cc2ccc1N=NN=N2. The Kier molecular flexibility index (Phi) is 1.04. The molecule has 0 aromatic heterocycles. The Morgan fingerprint density at radius 2 is 1.10 bits per heavy atom. The number of hydrogen-bond acceptors (Lipinski definition) is 4. The van der Waals surface area contributed by atoms with Crippen molar-refractivity contribution in [2.24, 2.45) is 20.7 Å². The molecule has 2 bridgehead atoms. The van der Waals surface area contributed by atoms with E-state index in [0.29, 0.717) is 0 Å². The van der Waals surface area contributed by atoms with Gasteiger partial charge < -0.3 is 0 Å². The standard InChI is InChI=1S/C6H4N4/c1-2-6-4-3-5(1)7-9-10-8-6/h1-4H.